The number of benzene rings is 1. The van der Waals surface area contributed by atoms with E-state index in [1.807, 2.05) is 64.1 Å². The van der Waals surface area contributed by atoms with E-state index in [0.717, 1.165) is 5.56 Å². The van der Waals surface area contributed by atoms with Gasteiger partial charge in [-0.2, -0.15) is 0 Å². The van der Waals surface area contributed by atoms with E-state index in [2.05, 4.69) is 0 Å². The Balaban J connectivity index is 2.30. The second kappa shape index (κ2) is 7.68. The van der Waals surface area contributed by atoms with Crippen LogP contribution in [-0.4, -0.2) is 23.1 Å². The number of hydrogen-bond donors (Lipinski definition) is 0. The summed E-state index contributed by atoms with van der Waals surface area (Å²) in [5, 5.41) is 0. The van der Waals surface area contributed by atoms with Crippen LogP contribution in [0.5, 0.6) is 0 Å². The largest absolute Gasteiger partial charge is 0.465 e. The minimum absolute atomic E-state index is 0.0585. The van der Waals surface area contributed by atoms with Gasteiger partial charge in [-0.25, -0.2) is 4.79 Å². The number of rotatable bonds is 5. The molecule has 0 spiro atoms. The summed E-state index contributed by atoms with van der Waals surface area (Å²) in [7, 11) is 0. The Morgan fingerprint density at radius 2 is 1.70 bits per heavy atom. The average molecular weight is 313 g/mol. The molecule has 0 aliphatic heterocycles. The SMILES string of the molecule is CC(C)N(C(=O)O/C(=C/c1ccco1)c1ccccc1)C(C)C. The van der Waals surface area contributed by atoms with Gasteiger partial charge in [-0.3, -0.25) is 0 Å². The Kier molecular flexibility index (Phi) is 5.63. The Labute approximate surface area is 137 Å². The number of amides is 1. The molecule has 1 heterocycles. The normalized spacial score (nSPS) is 11.8. The van der Waals surface area contributed by atoms with Crippen LogP contribution in [0.2, 0.25) is 0 Å². The summed E-state index contributed by atoms with van der Waals surface area (Å²) in [5.41, 5.74) is 0.824. The van der Waals surface area contributed by atoms with Crippen molar-refractivity contribution in [2.45, 2.75) is 39.8 Å². The van der Waals surface area contributed by atoms with Gasteiger partial charge in [-0.05, 0) is 39.8 Å². The Hall–Kier alpha value is -2.49. The van der Waals surface area contributed by atoms with Crippen LogP contribution in [-0.2, 0) is 4.74 Å². The van der Waals surface area contributed by atoms with Crippen LogP contribution in [0, 0.1) is 0 Å². The smallest absolute Gasteiger partial charge is 0.415 e. The van der Waals surface area contributed by atoms with Crippen molar-refractivity contribution >= 4 is 17.9 Å². The first-order valence-electron chi connectivity index (χ1n) is 7.79. The second-order valence-corrected chi connectivity index (χ2v) is 5.85. The second-order valence-electron chi connectivity index (χ2n) is 5.85. The molecule has 0 unspecified atom stereocenters. The number of carbonyl (C=O) groups excluding carboxylic acids is 1. The molecule has 1 amide bonds. The van der Waals surface area contributed by atoms with E-state index < -0.39 is 0 Å². The number of hydrogen-bond acceptors (Lipinski definition) is 3. The molecule has 0 saturated carbocycles. The van der Waals surface area contributed by atoms with E-state index in [-0.39, 0.29) is 18.2 Å². The zero-order chi connectivity index (χ0) is 16.8. The van der Waals surface area contributed by atoms with Crippen molar-refractivity contribution in [1.82, 2.24) is 4.90 Å². The van der Waals surface area contributed by atoms with Crippen LogP contribution in [0.1, 0.15) is 39.0 Å². The number of nitrogens with zero attached hydrogens (tertiary/aromatic N) is 1. The molecule has 0 aliphatic carbocycles. The van der Waals surface area contributed by atoms with Crippen LogP contribution < -0.4 is 0 Å². The van der Waals surface area contributed by atoms with Crippen molar-refractivity contribution in [3.63, 3.8) is 0 Å². The molecule has 0 radical (unpaired) electrons. The molecule has 4 nitrogen and oxygen atoms in total. The minimum atomic E-state index is -0.364. The van der Waals surface area contributed by atoms with Crippen molar-refractivity contribution in [3.8, 4) is 0 Å². The monoisotopic (exact) mass is 313 g/mol. The molecule has 4 heteroatoms. The third-order valence-electron chi connectivity index (χ3n) is 3.40. The lowest BCUT2D eigenvalue weighted by atomic mass is 10.1. The fourth-order valence-corrected chi connectivity index (χ4v) is 2.44. The molecule has 0 atom stereocenters. The average Bonchev–Trinajstić information content (AvgIpc) is 2.99. The van der Waals surface area contributed by atoms with E-state index in [9.17, 15) is 4.79 Å². The first-order valence-corrected chi connectivity index (χ1v) is 7.79. The maximum Gasteiger partial charge on any atom is 0.415 e. The van der Waals surface area contributed by atoms with Gasteiger partial charge < -0.3 is 14.1 Å². The highest BCUT2D eigenvalue weighted by atomic mass is 16.6. The lowest BCUT2D eigenvalue weighted by Gasteiger charge is -2.30. The van der Waals surface area contributed by atoms with Crippen molar-refractivity contribution < 1.29 is 13.9 Å². The molecular weight excluding hydrogens is 290 g/mol. The van der Waals surface area contributed by atoms with Crippen LogP contribution in [0.15, 0.2) is 53.1 Å². The van der Waals surface area contributed by atoms with Gasteiger partial charge in [0, 0.05) is 23.7 Å². The van der Waals surface area contributed by atoms with Gasteiger partial charge >= 0.3 is 6.09 Å². The number of ether oxygens (including phenoxy) is 1. The topological polar surface area (TPSA) is 42.7 Å². The third-order valence-corrected chi connectivity index (χ3v) is 3.40. The summed E-state index contributed by atoms with van der Waals surface area (Å²) in [5.74, 6) is 1.11. The molecule has 0 N–H and O–H groups in total. The fourth-order valence-electron chi connectivity index (χ4n) is 2.44. The highest BCUT2D eigenvalue weighted by Gasteiger charge is 2.23. The van der Waals surface area contributed by atoms with E-state index in [1.165, 1.54) is 0 Å². The van der Waals surface area contributed by atoms with Crippen LogP contribution >= 0.6 is 0 Å². The van der Waals surface area contributed by atoms with Crippen molar-refractivity contribution in [3.05, 3.63) is 60.1 Å². The first kappa shape index (κ1) is 16.9. The molecule has 1 aromatic carbocycles. The van der Waals surface area contributed by atoms with E-state index in [4.69, 9.17) is 9.15 Å². The third kappa shape index (κ3) is 4.49. The summed E-state index contributed by atoms with van der Waals surface area (Å²) in [6, 6.07) is 13.3. The van der Waals surface area contributed by atoms with Crippen molar-refractivity contribution in [2.24, 2.45) is 0 Å². The van der Waals surface area contributed by atoms with Crippen molar-refractivity contribution in [2.75, 3.05) is 0 Å². The van der Waals surface area contributed by atoms with E-state index >= 15 is 0 Å². The molecule has 0 saturated heterocycles. The lowest BCUT2D eigenvalue weighted by molar-refractivity contribution is 0.115. The fraction of sp³-hybridized carbons (Fsp3) is 0.316. The van der Waals surface area contributed by atoms with Crippen LogP contribution in [0.25, 0.3) is 11.8 Å². The zero-order valence-corrected chi connectivity index (χ0v) is 14.0. The molecule has 0 bridgehead atoms. The minimum Gasteiger partial charge on any atom is -0.465 e. The number of furan rings is 1. The van der Waals surface area contributed by atoms with Gasteiger partial charge in [-0.15, -0.1) is 0 Å². The first-order chi connectivity index (χ1) is 11.0. The highest BCUT2D eigenvalue weighted by molar-refractivity contribution is 5.84. The van der Waals surface area contributed by atoms with Gasteiger partial charge in [-0.1, -0.05) is 30.3 Å². The van der Waals surface area contributed by atoms with Gasteiger partial charge in [0.25, 0.3) is 0 Å². The molecule has 2 rings (SSSR count). The van der Waals surface area contributed by atoms with Gasteiger partial charge in [0.15, 0.2) is 0 Å². The molecular formula is C19H23NO3. The maximum absolute atomic E-state index is 12.6. The van der Waals surface area contributed by atoms with Gasteiger partial charge in [0.2, 0.25) is 0 Å². The zero-order valence-electron chi connectivity index (χ0n) is 14.0. The Morgan fingerprint density at radius 1 is 1.04 bits per heavy atom. The summed E-state index contributed by atoms with van der Waals surface area (Å²) < 4.78 is 11.0. The molecule has 0 aliphatic rings. The molecule has 0 fully saturated rings. The standard InChI is InChI=1S/C19H23NO3/c1-14(2)20(15(3)4)19(21)23-18(13-17-11-8-12-22-17)16-9-6-5-7-10-16/h5-15H,1-4H3/b18-13+. The summed E-state index contributed by atoms with van der Waals surface area (Å²) in [6.07, 6.45) is 2.95. The Morgan fingerprint density at radius 3 is 2.22 bits per heavy atom. The van der Waals surface area contributed by atoms with Crippen molar-refractivity contribution in [1.29, 1.82) is 0 Å². The molecule has 122 valence electrons. The molecule has 23 heavy (non-hydrogen) atoms. The lowest BCUT2D eigenvalue weighted by Crippen LogP contribution is -2.42. The van der Waals surface area contributed by atoms with Gasteiger partial charge in [0.05, 0.1) is 6.26 Å². The predicted molar refractivity (Wildman–Crippen MR) is 91.6 cm³/mol. The highest BCUT2D eigenvalue weighted by Crippen LogP contribution is 2.22. The number of carbonyl (C=O) groups is 1. The van der Waals surface area contributed by atoms with Crippen LogP contribution in [0.4, 0.5) is 4.79 Å². The van der Waals surface area contributed by atoms with E-state index in [0.29, 0.717) is 11.5 Å². The Bertz CT molecular complexity index is 635. The van der Waals surface area contributed by atoms with Gasteiger partial charge in [0.1, 0.15) is 11.5 Å². The van der Waals surface area contributed by atoms with E-state index in [1.54, 1.807) is 23.3 Å². The molecule has 1 aromatic heterocycles. The van der Waals surface area contributed by atoms with Crippen LogP contribution in [0.3, 0.4) is 0 Å². The summed E-state index contributed by atoms with van der Waals surface area (Å²) in [4.78, 5) is 14.3. The quantitative estimate of drug-likeness (QED) is 0.727. The summed E-state index contributed by atoms with van der Waals surface area (Å²) in [6.45, 7) is 7.89. The maximum atomic E-state index is 12.6. The molecule has 2 aromatic rings. The predicted octanol–water partition coefficient (Wildman–Crippen LogP) is 5.03. The summed E-state index contributed by atoms with van der Waals surface area (Å²) >= 11 is 0.